The van der Waals surface area contributed by atoms with Gasteiger partial charge in [0.1, 0.15) is 6.04 Å². The number of hydrogen-bond acceptors (Lipinski definition) is 3. The van der Waals surface area contributed by atoms with E-state index < -0.39 is 6.04 Å². The third-order valence-corrected chi connectivity index (χ3v) is 3.25. The SMILES string of the molecule is COCC(N)C(=O)NC(C1CC1)C1CC1.Cl. The molecule has 0 aliphatic heterocycles. The molecule has 2 aliphatic carbocycles. The topological polar surface area (TPSA) is 64.3 Å². The molecule has 94 valence electrons. The molecule has 2 rings (SSSR count). The van der Waals surface area contributed by atoms with Crippen LogP contribution in [0, 0.1) is 11.8 Å². The molecule has 1 atom stereocenters. The first-order chi connectivity index (χ1) is 7.22. The van der Waals surface area contributed by atoms with Crippen molar-refractivity contribution in [1.29, 1.82) is 0 Å². The Morgan fingerprint density at radius 3 is 2.25 bits per heavy atom. The second-order valence-corrected chi connectivity index (χ2v) is 4.77. The van der Waals surface area contributed by atoms with Gasteiger partial charge in [0.2, 0.25) is 5.91 Å². The Kier molecular flexibility index (Phi) is 5.02. The summed E-state index contributed by atoms with van der Waals surface area (Å²) in [5.41, 5.74) is 5.68. The number of rotatable bonds is 6. The van der Waals surface area contributed by atoms with Crippen molar-refractivity contribution >= 4 is 18.3 Å². The lowest BCUT2D eigenvalue weighted by Crippen LogP contribution is -2.48. The maximum Gasteiger partial charge on any atom is 0.239 e. The fraction of sp³-hybridized carbons (Fsp3) is 0.909. The van der Waals surface area contributed by atoms with Crippen molar-refractivity contribution in [3.8, 4) is 0 Å². The summed E-state index contributed by atoms with van der Waals surface area (Å²) in [6.45, 7) is 0.299. The van der Waals surface area contributed by atoms with E-state index in [1.54, 1.807) is 7.11 Å². The van der Waals surface area contributed by atoms with Gasteiger partial charge in [-0.25, -0.2) is 0 Å². The molecule has 0 bridgehead atoms. The zero-order chi connectivity index (χ0) is 10.8. The predicted octanol–water partition coefficient (Wildman–Crippen LogP) is 0.687. The molecule has 0 heterocycles. The number of halogens is 1. The van der Waals surface area contributed by atoms with Crippen molar-refractivity contribution in [3.63, 3.8) is 0 Å². The first kappa shape index (κ1) is 13.7. The molecule has 1 amide bonds. The summed E-state index contributed by atoms with van der Waals surface area (Å²) in [4.78, 5) is 11.7. The van der Waals surface area contributed by atoms with E-state index in [1.807, 2.05) is 0 Å². The second kappa shape index (κ2) is 5.84. The van der Waals surface area contributed by atoms with Crippen LogP contribution in [0.1, 0.15) is 25.7 Å². The molecule has 0 aromatic heterocycles. The molecule has 0 aromatic carbocycles. The van der Waals surface area contributed by atoms with Crippen LogP contribution in [0.4, 0.5) is 0 Å². The van der Waals surface area contributed by atoms with Crippen LogP contribution in [0.2, 0.25) is 0 Å². The average Bonchev–Trinajstić information content (AvgIpc) is 3.03. The Morgan fingerprint density at radius 2 is 1.88 bits per heavy atom. The maximum absolute atomic E-state index is 11.7. The van der Waals surface area contributed by atoms with Gasteiger partial charge in [-0.2, -0.15) is 0 Å². The first-order valence-corrected chi connectivity index (χ1v) is 5.77. The number of nitrogens with one attached hydrogen (secondary N) is 1. The number of amides is 1. The molecule has 0 spiro atoms. The van der Waals surface area contributed by atoms with E-state index in [9.17, 15) is 4.79 Å². The Bertz CT molecular complexity index is 230. The summed E-state index contributed by atoms with van der Waals surface area (Å²) in [6.07, 6.45) is 5.06. The van der Waals surface area contributed by atoms with E-state index in [2.05, 4.69) is 5.32 Å². The number of hydrogen-bond donors (Lipinski definition) is 2. The zero-order valence-corrected chi connectivity index (χ0v) is 10.5. The average molecular weight is 249 g/mol. The van der Waals surface area contributed by atoms with Crippen LogP contribution >= 0.6 is 12.4 Å². The highest BCUT2D eigenvalue weighted by atomic mass is 35.5. The molecule has 2 fully saturated rings. The number of ether oxygens (including phenoxy) is 1. The largest absolute Gasteiger partial charge is 0.383 e. The van der Waals surface area contributed by atoms with E-state index >= 15 is 0 Å². The van der Waals surface area contributed by atoms with E-state index in [0.717, 1.165) is 11.8 Å². The molecule has 4 nitrogen and oxygen atoms in total. The van der Waals surface area contributed by atoms with Crippen molar-refractivity contribution in [2.75, 3.05) is 13.7 Å². The lowest BCUT2D eigenvalue weighted by atomic mass is 10.1. The van der Waals surface area contributed by atoms with Gasteiger partial charge in [-0.15, -0.1) is 12.4 Å². The fourth-order valence-electron chi connectivity index (χ4n) is 2.06. The van der Waals surface area contributed by atoms with Gasteiger partial charge in [0.25, 0.3) is 0 Å². The molecule has 16 heavy (non-hydrogen) atoms. The highest BCUT2D eigenvalue weighted by molar-refractivity contribution is 5.85. The smallest absolute Gasteiger partial charge is 0.239 e. The van der Waals surface area contributed by atoms with Gasteiger partial charge in [-0.3, -0.25) is 4.79 Å². The maximum atomic E-state index is 11.7. The third kappa shape index (κ3) is 3.61. The standard InChI is InChI=1S/C11H20N2O2.ClH/c1-15-6-9(12)11(14)13-10(7-2-3-7)8-4-5-8;/h7-10H,2-6,12H2,1H3,(H,13,14);1H. The molecule has 0 radical (unpaired) electrons. The summed E-state index contributed by atoms with van der Waals surface area (Å²) in [7, 11) is 1.56. The van der Waals surface area contributed by atoms with Crippen LogP contribution in [-0.2, 0) is 9.53 Å². The van der Waals surface area contributed by atoms with Crippen LogP contribution in [0.3, 0.4) is 0 Å². The molecule has 2 aliphatic rings. The van der Waals surface area contributed by atoms with Crippen LogP contribution in [0.5, 0.6) is 0 Å². The monoisotopic (exact) mass is 248 g/mol. The Hall–Kier alpha value is -0.320. The lowest BCUT2D eigenvalue weighted by molar-refractivity contribution is -0.124. The minimum absolute atomic E-state index is 0. The van der Waals surface area contributed by atoms with Crippen molar-refractivity contribution in [2.24, 2.45) is 17.6 Å². The quantitative estimate of drug-likeness (QED) is 0.727. The summed E-state index contributed by atoms with van der Waals surface area (Å²) in [5.74, 6) is 1.38. The number of nitrogens with two attached hydrogens (primary N) is 1. The molecular weight excluding hydrogens is 228 g/mol. The third-order valence-electron chi connectivity index (χ3n) is 3.25. The van der Waals surface area contributed by atoms with Gasteiger partial charge >= 0.3 is 0 Å². The fourth-order valence-corrected chi connectivity index (χ4v) is 2.06. The summed E-state index contributed by atoms with van der Waals surface area (Å²) in [6, 6.07) is -0.129. The van der Waals surface area contributed by atoms with Gasteiger partial charge in [-0.1, -0.05) is 0 Å². The first-order valence-electron chi connectivity index (χ1n) is 5.77. The van der Waals surface area contributed by atoms with E-state index in [0.29, 0.717) is 12.6 Å². The summed E-state index contributed by atoms with van der Waals surface area (Å²) < 4.78 is 4.87. The van der Waals surface area contributed by atoms with Crippen LogP contribution in [-0.4, -0.2) is 31.7 Å². The molecular formula is C11H21ClN2O2. The highest BCUT2D eigenvalue weighted by Crippen LogP contribution is 2.44. The van der Waals surface area contributed by atoms with Gasteiger partial charge in [-0.05, 0) is 37.5 Å². The van der Waals surface area contributed by atoms with Crippen molar-refractivity contribution in [3.05, 3.63) is 0 Å². The Morgan fingerprint density at radius 1 is 1.38 bits per heavy atom. The van der Waals surface area contributed by atoms with Gasteiger partial charge in [0.15, 0.2) is 0 Å². The van der Waals surface area contributed by atoms with Gasteiger partial charge in [0.05, 0.1) is 6.61 Å². The Balaban J connectivity index is 0.00000128. The van der Waals surface area contributed by atoms with E-state index in [4.69, 9.17) is 10.5 Å². The van der Waals surface area contributed by atoms with Gasteiger partial charge in [0, 0.05) is 13.2 Å². The molecule has 0 aromatic rings. The Labute approximate surface area is 103 Å². The summed E-state index contributed by atoms with van der Waals surface area (Å²) in [5, 5.41) is 3.08. The van der Waals surface area contributed by atoms with Gasteiger partial charge < -0.3 is 15.8 Å². The second-order valence-electron chi connectivity index (χ2n) is 4.77. The number of carbonyl (C=O) groups is 1. The normalized spacial score (nSPS) is 21.4. The lowest BCUT2D eigenvalue weighted by Gasteiger charge is -2.20. The molecule has 1 unspecified atom stereocenters. The predicted molar refractivity (Wildman–Crippen MR) is 64.5 cm³/mol. The molecule has 0 saturated heterocycles. The molecule has 2 saturated carbocycles. The van der Waals surface area contributed by atoms with Crippen LogP contribution in [0.25, 0.3) is 0 Å². The van der Waals surface area contributed by atoms with E-state index in [-0.39, 0.29) is 18.3 Å². The van der Waals surface area contributed by atoms with E-state index in [1.165, 1.54) is 25.7 Å². The van der Waals surface area contributed by atoms with Crippen molar-refractivity contribution in [2.45, 2.75) is 37.8 Å². The minimum Gasteiger partial charge on any atom is -0.383 e. The highest BCUT2D eigenvalue weighted by Gasteiger charge is 2.42. The number of carbonyl (C=O) groups excluding carboxylic acids is 1. The minimum atomic E-state index is -0.519. The van der Waals surface area contributed by atoms with Crippen LogP contribution in [0.15, 0.2) is 0 Å². The molecule has 3 N–H and O–H groups in total. The van der Waals surface area contributed by atoms with Crippen LogP contribution < -0.4 is 11.1 Å². The van der Waals surface area contributed by atoms with Crippen molar-refractivity contribution < 1.29 is 9.53 Å². The van der Waals surface area contributed by atoms with Crippen molar-refractivity contribution in [1.82, 2.24) is 5.32 Å². The zero-order valence-electron chi connectivity index (χ0n) is 9.65. The molecule has 5 heteroatoms. The summed E-state index contributed by atoms with van der Waals surface area (Å²) >= 11 is 0. The number of methoxy groups -OCH3 is 1.